The highest BCUT2D eigenvalue weighted by atomic mass is 19.1. The molecule has 2 rings (SSSR count). The normalized spacial score (nSPS) is 11.8. The van der Waals surface area contributed by atoms with Crippen LogP contribution in [0, 0.1) is 5.82 Å². The van der Waals surface area contributed by atoms with Gasteiger partial charge in [0, 0.05) is 0 Å². The molecule has 0 saturated carbocycles. The van der Waals surface area contributed by atoms with Crippen molar-refractivity contribution in [3.8, 4) is 0 Å². The number of carbonyl (C=O) groups is 2. The third-order valence-electron chi connectivity index (χ3n) is 2.70. The van der Waals surface area contributed by atoms with Crippen LogP contribution >= 0.6 is 0 Å². The summed E-state index contributed by atoms with van der Waals surface area (Å²) >= 11 is 0. The number of aliphatic carboxylic acids is 1. The zero-order valence-corrected chi connectivity index (χ0v) is 10.4. The molecule has 0 saturated heterocycles. The monoisotopic (exact) mass is 277 g/mol. The Labute approximate surface area is 114 Å². The molecule has 0 aliphatic rings. The van der Waals surface area contributed by atoms with Gasteiger partial charge in [0.25, 0.3) is 5.91 Å². The number of carbonyl (C=O) groups excluding carboxylic acids is 1. The summed E-state index contributed by atoms with van der Waals surface area (Å²) in [6, 6.07) is 7.56. The van der Waals surface area contributed by atoms with Gasteiger partial charge in [-0.3, -0.25) is 9.59 Å². The molecular weight excluding hydrogens is 265 g/mol. The molecule has 20 heavy (non-hydrogen) atoms. The summed E-state index contributed by atoms with van der Waals surface area (Å²) in [6.45, 7) is 0. The first-order valence-corrected chi connectivity index (χ1v) is 5.88. The predicted octanol–water partition coefficient (Wildman–Crippen LogP) is 2.36. The Balaban J connectivity index is 2.17. The van der Waals surface area contributed by atoms with Crippen molar-refractivity contribution in [3.05, 3.63) is 59.8 Å². The van der Waals surface area contributed by atoms with Crippen LogP contribution in [0.5, 0.6) is 0 Å². The van der Waals surface area contributed by atoms with E-state index in [-0.39, 0.29) is 12.2 Å². The van der Waals surface area contributed by atoms with Crippen LogP contribution in [-0.4, -0.2) is 17.0 Å². The maximum absolute atomic E-state index is 12.9. The smallest absolute Gasteiger partial charge is 0.305 e. The third-order valence-corrected chi connectivity index (χ3v) is 2.70. The number of halogens is 1. The minimum atomic E-state index is -1.07. The molecule has 5 nitrogen and oxygen atoms in total. The van der Waals surface area contributed by atoms with Crippen LogP contribution in [0.2, 0.25) is 0 Å². The first-order valence-electron chi connectivity index (χ1n) is 5.88. The molecule has 1 aromatic carbocycles. The number of carboxylic acids is 1. The number of hydrogen-bond donors (Lipinski definition) is 2. The number of amides is 1. The standard InChI is InChI=1S/C14H12FNO4/c15-10-5-3-9(4-6-10)11(8-13(17)18)16-14(19)12-2-1-7-20-12/h1-7,11H,8H2,(H,16,19)(H,17,18). The van der Waals surface area contributed by atoms with Gasteiger partial charge in [0.05, 0.1) is 18.7 Å². The summed E-state index contributed by atoms with van der Waals surface area (Å²) in [5.74, 6) is -1.94. The maximum Gasteiger partial charge on any atom is 0.305 e. The summed E-state index contributed by atoms with van der Waals surface area (Å²) in [5.41, 5.74) is 0.508. The van der Waals surface area contributed by atoms with Gasteiger partial charge in [0.2, 0.25) is 0 Å². The van der Waals surface area contributed by atoms with Crippen LogP contribution in [0.3, 0.4) is 0 Å². The van der Waals surface area contributed by atoms with Crippen LogP contribution in [0.4, 0.5) is 4.39 Å². The molecule has 1 heterocycles. The number of benzene rings is 1. The molecular formula is C14H12FNO4. The lowest BCUT2D eigenvalue weighted by molar-refractivity contribution is -0.137. The molecule has 0 spiro atoms. The molecule has 2 N–H and O–H groups in total. The number of carboxylic acid groups (broad SMARTS) is 1. The summed E-state index contributed by atoms with van der Waals surface area (Å²) in [5, 5.41) is 11.4. The zero-order chi connectivity index (χ0) is 14.5. The SMILES string of the molecule is O=C(O)CC(NC(=O)c1ccco1)c1ccc(F)cc1. The molecule has 104 valence electrons. The Bertz CT molecular complexity index is 592. The Kier molecular flexibility index (Phi) is 4.14. The average molecular weight is 277 g/mol. The van der Waals surface area contributed by atoms with Gasteiger partial charge in [0.1, 0.15) is 5.82 Å². The molecule has 0 fully saturated rings. The van der Waals surface area contributed by atoms with Gasteiger partial charge in [-0.25, -0.2) is 4.39 Å². The molecule has 6 heteroatoms. The van der Waals surface area contributed by atoms with E-state index in [0.29, 0.717) is 5.56 Å². The second kappa shape index (κ2) is 6.01. The Morgan fingerprint density at radius 3 is 2.50 bits per heavy atom. The van der Waals surface area contributed by atoms with Crippen molar-refractivity contribution >= 4 is 11.9 Å². The molecule has 1 unspecified atom stereocenters. The highest BCUT2D eigenvalue weighted by Gasteiger charge is 2.20. The molecule has 2 aromatic rings. The zero-order valence-electron chi connectivity index (χ0n) is 10.4. The average Bonchev–Trinajstić information content (AvgIpc) is 2.92. The van der Waals surface area contributed by atoms with Crippen molar-refractivity contribution in [1.29, 1.82) is 0 Å². The minimum absolute atomic E-state index is 0.0856. The summed E-state index contributed by atoms with van der Waals surface area (Å²) in [6.07, 6.45) is 1.04. The van der Waals surface area contributed by atoms with E-state index in [4.69, 9.17) is 9.52 Å². The van der Waals surface area contributed by atoms with E-state index in [1.165, 1.54) is 36.6 Å². The van der Waals surface area contributed by atoms with E-state index in [1.54, 1.807) is 6.07 Å². The van der Waals surface area contributed by atoms with Crippen molar-refractivity contribution in [2.24, 2.45) is 0 Å². The third kappa shape index (κ3) is 3.44. The lowest BCUT2D eigenvalue weighted by Crippen LogP contribution is -2.29. The lowest BCUT2D eigenvalue weighted by atomic mass is 10.0. The summed E-state index contributed by atoms with van der Waals surface area (Å²) in [7, 11) is 0. The highest BCUT2D eigenvalue weighted by Crippen LogP contribution is 2.18. The lowest BCUT2D eigenvalue weighted by Gasteiger charge is -2.16. The molecule has 0 aliphatic carbocycles. The van der Waals surface area contributed by atoms with Gasteiger partial charge in [-0.1, -0.05) is 12.1 Å². The number of hydrogen-bond acceptors (Lipinski definition) is 3. The fourth-order valence-electron chi connectivity index (χ4n) is 1.76. The van der Waals surface area contributed by atoms with Gasteiger partial charge in [-0.2, -0.15) is 0 Å². The first-order chi connectivity index (χ1) is 9.56. The molecule has 1 aromatic heterocycles. The second-order valence-electron chi connectivity index (χ2n) is 4.15. The van der Waals surface area contributed by atoms with E-state index >= 15 is 0 Å². The van der Waals surface area contributed by atoms with Crippen molar-refractivity contribution in [1.82, 2.24) is 5.32 Å². The summed E-state index contributed by atoms with van der Waals surface area (Å²) < 4.78 is 17.8. The van der Waals surface area contributed by atoms with E-state index in [2.05, 4.69) is 5.32 Å². The Morgan fingerprint density at radius 2 is 1.95 bits per heavy atom. The largest absolute Gasteiger partial charge is 0.481 e. The van der Waals surface area contributed by atoms with E-state index < -0.39 is 23.7 Å². The van der Waals surface area contributed by atoms with E-state index in [9.17, 15) is 14.0 Å². The van der Waals surface area contributed by atoms with Gasteiger partial charge in [-0.05, 0) is 29.8 Å². The Hall–Kier alpha value is -2.63. The van der Waals surface area contributed by atoms with Crippen molar-refractivity contribution in [2.75, 3.05) is 0 Å². The van der Waals surface area contributed by atoms with Crippen LogP contribution < -0.4 is 5.32 Å². The second-order valence-corrected chi connectivity index (χ2v) is 4.15. The Morgan fingerprint density at radius 1 is 1.25 bits per heavy atom. The van der Waals surface area contributed by atoms with Crippen LogP contribution in [0.1, 0.15) is 28.6 Å². The molecule has 0 aliphatic heterocycles. The molecule has 1 amide bonds. The van der Waals surface area contributed by atoms with Gasteiger partial charge in [0.15, 0.2) is 5.76 Å². The highest BCUT2D eigenvalue weighted by molar-refractivity contribution is 5.91. The van der Waals surface area contributed by atoms with Gasteiger partial charge < -0.3 is 14.8 Å². The van der Waals surface area contributed by atoms with E-state index in [1.807, 2.05) is 0 Å². The minimum Gasteiger partial charge on any atom is -0.481 e. The van der Waals surface area contributed by atoms with Crippen molar-refractivity contribution < 1.29 is 23.5 Å². The summed E-state index contributed by atoms with van der Waals surface area (Å²) in [4.78, 5) is 22.7. The van der Waals surface area contributed by atoms with Crippen LogP contribution in [0.15, 0.2) is 47.1 Å². The van der Waals surface area contributed by atoms with Crippen LogP contribution in [0.25, 0.3) is 0 Å². The number of furan rings is 1. The molecule has 1 atom stereocenters. The fourth-order valence-corrected chi connectivity index (χ4v) is 1.76. The maximum atomic E-state index is 12.9. The number of nitrogens with one attached hydrogen (secondary N) is 1. The molecule has 0 bridgehead atoms. The molecule has 0 radical (unpaired) electrons. The quantitative estimate of drug-likeness (QED) is 0.879. The fraction of sp³-hybridized carbons (Fsp3) is 0.143. The van der Waals surface area contributed by atoms with Gasteiger partial charge >= 0.3 is 5.97 Å². The topological polar surface area (TPSA) is 79.5 Å². The van der Waals surface area contributed by atoms with Gasteiger partial charge in [-0.15, -0.1) is 0 Å². The van der Waals surface area contributed by atoms with Crippen molar-refractivity contribution in [3.63, 3.8) is 0 Å². The van der Waals surface area contributed by atoms with Crippen LogP contribution in [-0.2, 0) is 4.79 Å². The first kappa shape index (κ1) is 13.8. The van der Waals surface area contributed by atoms with E-state index in [0.717, 1.165) is 0 Å². The number of rotatable bonds is 5. The predicted molar refractivity (Wildman–Crippen MR) is 67.6 cm³/mol. The van der Waals surface area contributed by atoms with Crippen molar-refractivity contribution in [2.45, 2.75) is 12.5 Å².